The highest BCUT2D eigenvalue weighted by Gasteiger charge is 2.16. The Hall–Kier alpha value is -1.59. The second-order valence-electron chi connectivity index (χ2n) is 6.39. The maximum Gasteiger partial charge on any atom is 0.253 e. The Morgan fingerprint density at radius 1 is 1.29 bits per heavy atom. The van der Waals surface area contributed by atoms with Gasteiger partial charge in [0.25, 0.3) is 5.91 Å². The Morgan fingerprint density at radius 3 is 2.58 bits per heavy atom. The van der Waals surface area contributed by atoms with Crippen molar-refractivity contribution in [2.75, 3.05) is 11.9 Å². The standard InChI is InChI=1S/C18H28ClN3O2/c1-4-5-6-14(11-20)22-18(24)15-10-13(7-8-16(15)19)21-17(23)9-12(2)3/h7-8,10,12,14H,4-6,9,11,20H2,1-3H3,(H,21,23)(H,22,24). The number of unbranched alkanes of at least 4 members (excludes halogenated alkanes) is 1. The SMILES string of the molecule is CCCCC(CN)NC(=O)c1cc(NC(=O)CC(C)C)ccc1Cl. The molecular weight excluding hydrogens is 326 g/mol. The Kier molecular flexibility index (Phi) is 8.79. The third-order valence-corrected chi connectivity index (χ3v) is 3.94. The molecule has 0 saturated heterocycles. The number of anilines is 1. The number of hydrogen-bond acceptors (Lipinski definition) is 3. The summed E-state index contributed by atoms with van der Waals surface area (Å²) in [6, 6.07) is 4.83. The largest absolute Gasteiger partial charge is 0.348 e. The molecule has 0 spiro atoms. The van der Waals surface area contributed by atoms with Gasteiger partial charge in [-0.25, -0.2) is 0 Å². The molecule has 0 aliphatic heterocycles. The van der Waals surface area contributed by atoms with E-state index in [1.165, 1.54) is 0 Å². The van der Waals surface area contributed by atoms with E-state index in [1.54, 1.807) is 18.2 Å². The zero-order chi connectivity index (χ0) is 18.1. The lowest BCUT2D eigenvalue weighted by atomic mass is 10.1. The van der Waals surface area contributed by atoms with Crippen LogP contribution in [0.3, 0.4) is 0 Å². The fourth-order valence-electron chi connectivity index (χ4n) is 2.32. The lowest BCUT2D eigenvalue weighted by molar-refractivity contribution is -0.116. The zero-order valence-electron chi connectivity index (χ0n) is 14.7. The molecule has 5 nitrogen and oxygen atoms in total. The Balaban J connectivity index is 2.80. The Bertz CT molecular complexity index is 561. The van der Waals surface area contributed by atoms with Crippen molar-refractivity contribution in [3.05, 3.63) is 28.8 Å². The lowest BCUT2D eigenvalue weighted by Crippen LogP contribution is -2.40. The van der Waals surface area contributed by atoms with Gasteiger partial charge in [-0.15, -0.1) is 0 Å². The maximum atomic E-state index is 12.4. The summed E-state index contributed by atoms with van der Waals surface area (Å²) in [5, 5.41) is 6.05. The van der Waals surface area contributed by atoms with Gasteiger partial charge in [0, 0.05) is 24.7 Å². The molecule has 2 amide bonds. The number of hydrogen-bond donors (Lipinski definition) is 3. The maximum absolute atomic E-state index is 12.4. The van der Waals surface area contributed by atoms with Gasteiger partial charge in [0.2, 0.25) is 5.91 Å². The van der Waals surface area contributed by atoms with Crippen molar-refractivity contribution in [2.24, 2.45) is 11.7 Å². The van der Waals surface area contributed by atoms with Gasteiger partial charge in [0.1, 0.15) is 0 Å². The minimum atomic E-state index is -0.272. The topological polar surface area (TPSA) is 84.2 Å². The average molecular weight is 354 g/mol. The molecule has 24 heavy (non-hydrogen) atoms. The van der Waals surface area contributed by atoms with E-state index in [0.717, 1.165) is 19.3 Å². The summed E-state index contributed by atoms with van der Waals surface area (Å²) < 4.78 is 0. The summed E-state index contributed by atoms with van der Waals surface area (Å²) in [6.45, 7) is 6.43. The van der Waals surface area contributed by atoms with Crippen LogP contribution in [0.5, 0.6) is 0 Å². The van der Waals surface area contributed by atoms with Crippen LogP contribution in [0.1, 0.15) is 56.8 Å². The summed E-state index contributed by atoms with van der Waals surface area (Å²) in [7, 11) is 0. The molecule has 0 aromatic heterocycles. The molecule has 0 aliphatic rings. The smallest absolute Gasteiger partial charge is 0.253 e. The molecule has 4 N–H and O–H groups in total. The van der Waals surface area contributed by atoms with Crippen LogP contribution >= 0.6 is 11.6 Å². The van der Waals surface area contributed by atoms with Crippen LogP contribution in [-0.4, -0.2) is 24.4 Å². The van der Waals surface area contributed by atoms with Crippen molar-refractivity contribution < 1.29 is 9.59 Å². The molecule has 0 heterocycles. The van der Waals surface area contributed by atoms with Crippen LogP contribution < -0.4 is 16.4 Å². The first-order valence-electron chi connectivity index (χ1n) is 8.47. The molecule has 1 unspecified atom stereocenters. The van der Waals surface area contributed by atoms with E-state index in [1.807, 2.05) is 13.8 Å². The normalized spacial score (nSPS) is 12.1. The minimum Gasteiger partial charge on any atom is -0.348 e. The van der Waals surface area contributed by atoms with Crippen LogP contribution in [0.4, 0.5) is 5.69 Å². The van der Waals surface area contributed by atoms with E-state index in [9.17, 15) is 9.59 Å². The first kappa shape index (κ1) is 20.5. The highest BCUT2D eigenvalue weighted by Crippen LogP contribution is 2.21. The highest BCUT2D eigenvalue weighted by molar-refractivity contribution is 6.34. The van der Waals surface area contributed by atoms with E-state index >= 15 is 0 Å². The van der Waals surface area contributed by atoms with E-state index in [2.05, 4.69) is 17.6 Å². The molecule has 0 saturated carbocycles. The van der Waals surface area contributed by atoms with Crippen LogP contribution in [0.15, 0.2) is 18.2 Å². The van der Waals surface area contributed by atoms with Crippen molar-refractivity contribution in [1.82, 2.24) is 5.32 Å². The summed E-state index contributed by atoms with van der Waals surface area (Å²) in [5.41, 5.74) is 6.62. The predicted molar refractivity (Wildman–Crippen MR) is 99.4 cm³/mol. The van der Waals surface area contributed by atoms with Crippen molar-refractivity contribution in [2.45, 2.75) is 52.5 Å². The van der Waals surface area contributed by atoms with Crippen LogP contribution in [0, 0.1) is 5.92 Å². The third-order valence-electron chi connectivity index (χ3n) is 3.61. The third kappa shape index (κ3) is 6.89. The van der Waals surface area contributed by atoms with Crippen LogP contribution in [-0.2, 0) is 4.79 Å². The number of carbonyl (C=O) groups is 2. The van der Waals surface area contributed by atoms with Gasteiger partial charge in [-0.1, -0.05) is 45.2 Å². The van der Waals surface area contributed by atoms with Gasteiger partial charge < -0.3 is 16.4 Å². The van der Waals surface area contributed by atoms with Crippen LogP contribution in [0.25, 0.3) is 0 Å². The average Bonchev–Trinajstić information content (AvgIpc) is 2.52. The number of halogens is 1. The predicted octanol–water partition coefficient (Wildman–Crippen LogP) is 3.57. The van der Waals surface area contributed by atoms with Crippen molar-refractivity contribution in [1.29, 1.82) is 0 Å². The second kappa shape index (κ2) is 10.3. The number of nitrogens with one attached hydrogen (secondary N) is 2. The number of amides is 2. The van der Waals surface area contributed by atoms with Crippen molar-refractivity contribution in [3.8, 4) is 0 Å². The molecule has 0 radical (unpaired) electrons. The fourth-order valence-corrected chi connectivity index (χ4v) is 2.53. The minimum absolute atomic E-state index is 0.0762. The van der Waals surface area contributed by atoms with Gasteiger partial charge in [-0.2, -0.15) is 0 Å². The molecular formula is C18H28ClN3O2. The van der Waals surface area contributed by atoms with Gasteiger partial charge in [0.15, 0.2) is 0 Å². The monoisotopic (exact) mass is 353 g/mol. The van der Waals surface area contributed by atoms with Gasteiger partial charge in [-0.3, -0.25) is 9.59 Å². The first-order valence-corrected chi connectivity index (χ1v) is 8.85. The van der Waals surface area contributed by atoms with E-state index in [4.69, 9.17) is 17.3 Å². The first-order chi connectivity index (χ1) is 11.4. The number of carbonyl (C=O) groups excluding carboxylic acids is 2. The molecule has 134 valence electrons. The molecule has 1 aromatic rings. The second-order valence-corrected chi connectivity index (χ2v) is 6.80. The van der Waals surface area contributed by atoms with Gasteiger partial charge >= 0.3 is 0 Å². The zero-order valence-corrected chi connectivity index (χ0v) is 15.5. The quantitative estimate of drug-likeness (QED) is 0.634. The molecule has 0 fully saturated rings. The molecule has 0 aliphatic carbocycles. The number of rotatable bonds is 9. The molecule has 6 heteroatoms. The van der Waals surface area contributed by atoms with E-state index in [-0.39, 0.29) is 23.8 Å². The van der Waals surface area contributed by atoms with Crippen molar-refractivity contribution in [3.63, 3.8) is 0 Å². The lowest BCUT2D eigenvalue weighted by Gasteiger charge is -2.17. The summed E-state index contributed by atoms with van der Waals surface area (Å²) in [5.74, 6) is -0.0862. The summed E-state index contributed by atoms with van der Waals surface area (Å²) >= 11 is 6.14. The summed E-state index contributed by atoms with van der Waals surface area (Å²) in [4.78, 5) is 24.3. The molecule has 1 rings (SSSR count). The highest BCUT2D eigenvalue weighted by atomic mass is 35.5. The van der Waals surface area contributed by atoms with Gasteiger partial charge in [0.05, 0.1) is 10.6 Å². The Labute approximate surface area is 149 Å². The molecule has 0 bridgehead atoms. The molecule has 1 atom stereocenters. The fraction of sp³-hybridized carbons (Fsp3) is 0.556. The van der Waals surface area contributed by atoms with Gasteiger partial charge in [-0.05, 0) is 30.5 Å². The van der Waals surface area contributed by atoms with E-state index in [0.29, 0.717) is 29.2 Å². The van der Waals surface area contributed by atoms with Crippen LogP contribution in [0.2, 0.25) is 5.02 Å². The van der Waals surface area contributed by atoms with E-state index < -0.39 is 0 Å². The van der Waals surface area contributed by atoms with Crippen molar-refractivity contribution >= 4 is 29.1 Å². The Morgan fingerprint density at radius 2 is 2.00 bits per heavy atom. The molecule has 1 aromatic carbocycles. The summed E-state index contributed by atoms with van der Waals surface area (Å²) in [6.07, 6.45) is 3.31. The number of benzene rings is 1. The number of nitrogens with two attached hydrogens (primary N) is 1.